The Kier molecular flexibility index (Phi) is 3.31. The Morgan fingerprint density at radius 2 is 2.16 bits per heavy atom. The van der Waals surface area contributed by atoms with E-state index in [0.29, 0.717) is 6.54 Å². The molecule has 0 unspecified atom stereocenters. The van der Waals surface area contributed by atoms with Crippen LogP contribution < -0.4 is 5.32 Å². The van der Waals surface area contributed by atoms with Crippen molar-refractivity contribution in [3.8, 4) is 0 Å². The summed E-state index contributed by atoms with van der Waals surface area (Å²) in [6.45, 7) is 2.53. The highest BCUT2D eigenvalue weighted by Gasteiger charge is 2.04. The number of aryl methyl sites for hydroxylation is 1. The predicted octanol–water partition coefficient (Wildman–Crippen LogP) is 3.66. The van der Waals surface area contributed by atoms with Gasteiger partial charge in [-0.2, -0.15) is 0 Å². The van der Waals surface area contributed by atoms with Gasteiger partial charge in [-0.25, -0.2) is 4.98 Å². The van der Waals surface area contributed by atoms with Gasteiger partial charge in [-0.1, -0.05) is 22.9 Å². The highest BCUT2D eigenvalue weighted by molar-refractivity contribution is 7.22. The molecule has 0 radical (unpaired) electrons. The molecule has 4 nitrogen and oxygen atoms in total. The molecule has 0 fully saturated rings. The van der Waals surface area contributed by atoms with Gasteiger partial charge >= 0.3 is 0 Å². The first-order valence-electron chi connectivity index (χ1n) is 5.78. The summed E-state index contributed by atoms with van der Waals surface area (Å²) in [7, 11) is 0. The molecule has 0 spiro atoms. The first kappa shape index (κ1) is 12.3. The van der Waals surface area contributed by atoms with Gasteiger partial charge in [0.15, 0.2) is 5.13 Å². The molecule has 0 aliphatic carbocycles. The summed E-state index contributed by atoms with van der Waals surface area (Å²) >= 11 is 7.53. The Morgan fingerprint density at radius 3 is 2.95 bits per heavy atom. The van der Waals surface area contributed by atoms with E-state index in [2.05, 4.69) is 20.3 Å². The van der Waals surface area contributed by atoms with Crippen molar-refractivity contribution >= 4 is 38.3 Å². The third-order valence-electron chi connectivity index (χ3n) is 2.61. The molecule has 0 atom stereocenters. The molecule has 0 aliphatic heterocycles. The number of rotatable bonds is 3. The molecular weight excluding hydrogens is 280 g/mol. The van der Waals surface area contributed by atoms with Crippen LogP contribution in [0.4, 0.5) is 5.13 Å². The van der Waals surface area contributed by atoms with Crippen molar-refractivity contribution in [2.75, 3.05) is 5.32 Å². The lowest BCUT2D eigenvalue weighted by Gasteiger charge is -2.01. The monoisotopic (exact) mass is 290 g/mol. The van der Waals surface area contributed by atoms with Crippen LogP contribution in [0.25, 0.3) is 10.2 Å². The van der Waals surface area contributed by atoms with Gasteiger partial charge in [-0.3, -0.25) is 9.97 Å². The maximum atomic E-state index is 5.96. The van der Waals surface area contributed by atoms with E-state index in [4.69, 9.17) is 11.6 Å². The molecule has 0 aliphatic rings. The minimum atomic E-state index is 0.612. The van der Waals surface area contributed by atoms with Crippen LogP contribution in [0.2, 0.25) is 5.02 Å². The molecule has 6 heteroatoms. The zero-order valence-corrected chi connectivity index (χ0v) is 11.8. The minimum absolute atomic E-state index is 0.612. The summed E-state index contributed by atoms with van der Waals surface area (Å²) in [6, 6.07) is 5.69. The molecule has 1 N–H and O–H groups in total. The van der Waals surface area contributed by atoms with Gasteiger partial charge in [-0.05, 0) is 25.1 Å². The molecule has 0 saturated carbocycles. The number of thiazole rings is 1. The van der Waals surface area contributed by atoms with Gasteiger partial charge in [-0.15, -0.1) is 0 Å². The summed E-state index contributed by atoms with van der Waals surface area (Å²) in [6.07, 6.45) is 3.53. The van der Waals surface area contributed by atoms with Crippen LogP contribution in [0.5, 0.6) is 0 Å². The Morgan fingerprint density at radius 1 is 1.26 bits per heavy atom. The summed E-state index contributed by atoms with van der Waals surface area (Å²) in [5, 5.41) is 4.84. The molecule has 3 rings (SSSR count). The van der Waals surface area contributed by atoms with Crippen LogP contribution in [-0.2, 0) is 6.54 Å². The van der Waals surface area contributed by atoms with E-state index in [1.54, 1.807) is 23.7 Å². The number of benzene rings is 1. The van der Waals surface area contributed by atoms with E-state index in [1.165, 1.54) is 0 Å². The standard InChI is InChI=1S/C13H11ClN4S/c1-8-5-16-10(6-15-8)7-17-13-18-11-3-2-9(14)4-12(11)19-13/h2-6H,7H2,1H3,(H,17,18). The summed E-state index contributed by atoms with van der Waals surface area (Å²) in [4.78, 5) is 13.0. The van der Waals surface area contributed by atoms with E-state index in [9.17, 15) is 0 Å². The van der Waals surface area contributed by atoms with Gasteiger partial charge < -0.3 is 5.32 Å². The zero-order valence-electron chi connectivity index (χ0n) is 10.2. The SMILES string of the molecule is Cc1cnc(CNc2nc3ccc(Cl)cc3s2)cn1. The Labute approximate surface area is 119 Å². The van der Waals surface area contributed by atoms with Crippen LogP contribution in [0.15, 0.2) is 30.6 Å². The Balaban J connectivity index is 1.76. The second-order valence-corrected chi connectivity index (χ2v) is 5.60. The molecule has 2 aromatic heterocycles. The van der Waals surface area contributed by atoms with Crippen LogP contribution in [0.1, 0.15) is 11.4 Å². The lowest BCUT2D eigenvalue weighted by molar-refractivity contribution is 0.983. The molecule has 1 aromatic carbocycles. The van der Waals surface area contributed by atoms with Crippen LogP contribution >= 0.6 is 22.9 Å². The number of anilines is 1. The fourth-order valence-electron chi connectivity index (χ4n) is 1.65. The number of nitrogens with zero attached hydrogens (tertiary/aromatic N) is 3. The maximum Gasteiger partial charge on any atom is 0.184 e. The van der Waals surface area contributed by atoms with Crippen molar-refractivity contribution < 1.29 is 0 Å². The summed E-state index contributed by atoms with van der Waals surface area (Å²) in [5.74, 6) is 0. The van der Waals surface area contributed by atoms with E-state index in [-0.39, 0.29) is 0 Å². The first-order valence-corrected chi connectivity index (χ1v) is 6.98. The largest absolute Gasteiger partial charge is 0.356 e. The maximum absolute atomic E-state index is 5.96. The van der Waals surface area contributed by atoms with Gasteiger partial charge in [0.25, 0.3) is 0 Å². The summed E-state index contributed by atoms with van der Waals surface area (Å²) < 4.78 is 1.07. The van der Waals surface area contributed by atoms with Crippen molar-refractivity contribution in [3.05, 3.63) is 47.0 Å². The third kappa shape index (κ3) is 2.83. The lowest BCUT2D eigenvalue weighted by Crippen LogP contribution is -2.02. The zero-order chi connectivity index (χ0) is 13.2. The van der Waals surface area contributed by atoms with Gasteiger partial charge in [0, 0.05) is 11.2 Å². The molecule has 0 saturated heterocycles. The van der Waals surface area contributed by atoms with Crippen molar-refractivity contribution in [3.63, 3.8) is 0 Å². The quantitative estimate of drug-likeness (QED) is 0.800. The molecule has 19 heavy (non-hydrogen) atoms. The van der Waals surface area contributed by atoms with E-state index < -0.39 is 0 Å². The molecule has 0 bridgehead atoms. The second kappa shape index (κ2) is 5.11. The lowest BCUT2D eigenvalue weighted by atomic mass is 10.3. The Hall–Kier alpha value is -1.72. The highest BCUT2D eigenvalue weighted by atomic mass is 35.5. The number of halogens is 1. The molecule has 2 heterocycles. The fourth-order valence-corrected chi connectivity index (χ4v) is 2.79. The number of aromatic nitrogens is 3. The van der Waals surface area contributed by atoms with Crippen molar-refractivity contribution in [2.45, 2.75) is 13.5 Å². The second-order valence-electron chi connectivity index (χ2n) is 4.13. The van der Waals surface area contributed by atoms with Gasteiger partial charge in [0.05, 0.1) is 34.3 Å². The number of fused-ring (bicyclic) bond motifs is 1. The Bertz CT molecular complexity index is 708. The predicted molar refractivity (Wildman–Crippen MR) is 78.7 cm³/mol. The van der Waals surface area contributed by atoms with E-state index in [0.717, 1.165) is 31.8 Å². The van der Waals surface area contributed by atoms with Crippen molar-refractivity contribution in [1.29, 1.82) is 0 Å². The van der Waals surface area contributed by atoms with Gasteiger partial charge in [0.2, 0.25) is 0 Å². The van der Waals surface area contributed by atoms with Crippen molar-refractivity contribution in [2.24, 2.45) is 0 Å². The van der Waals surface area contributed by atoms with Gasteiger partial charge in [0.1, 0.15) is 0 Å². The molecular formula is C13H11ClN4S. The highest BCUT2D eigenvalue weighted by Crippen LogP contribution is 2.28. The van der Waals surface area contributed by atoms with Crippen LogP contribution in [0, 0.1) is 6.92 Å². The fraction of sp³-hybridized carbons (Fsp3) is 0.154. The van der Waals surface area contributed by atoms with Crippen LogP contribution in [0.3, 0.4) is 0 Å². The molecule has 96 valence electrons. The minimum Gasteiger partial charge on any atom is -0.356 e. The summed E-state index contributed by atoms with van der Waals surface area (Å²) in [5.41, 5.74) is 2.76. The molecule has 3 aromatic rings. The normalized spacial score (nSPS) is 10.8. The topological polar surface area (TPSA) is 50.7 Å². The average Bonchev–Trinajstić information content (AvgIpc) is 2.80. The number of hydrogen-bond acceptors (Lipinski definition) is 5. The third-order valence-corrected chi connectivity index (χ3v) is 3.82. The van der Waals surface area contributed by atoms with Crippen LogP contribution in [-0.4, -0.2) is 15.0 Å². The number of hydrogen-bond donors (Lipinski definition) is 1. The first-order chi connectivity index (χ1) is 9.20. The smallest absolute Gasteiger partial charge is 0.184 e. The van der Waals surface area contributed by atoms with E-state index >= 15 is 0 Å². The van der Waals surface area contributed by atoms with E-state index in [1.807, 2.05) is 25.1 Å². The van der Waals surface area contributed by atoms with Crippen molar-refractivity contribution in [1.82, 2.24) is 15.0 Å². The average molecular weight is 291 g/mol. The molecule has 0 amide bonds. The number of nitrogens with one attached hydrogen (secondary N) is 1.